The predicted octanol–water partition coefficient (Wildman–Crippen LogP) is 7.32. The number of aromatic nitrogens is 3. The first kappa shape index (κ1) is 28.1. The third-order valence-electron chi connectivity index (χ3n) is 6.06. The number of nitrogens with one attached hydrogen (secondary N) is 2. The third kappa shape index (κ3) is 6.84. The van der Waals surface area contributed by atoms with Gasteiger partial charge in [-0.2, -0.15) is 18.2 Å². The number of alkyl halides is 3. The zero-order chi connectivity index (χ0) is 29.7. The summed E-state index contributed by atoms with van der Waals surface area (Å²) in [7, 11) is 1.55. The van der Waals surface area contributed by atoms with Crippen LogP contribution >= 0.6 is 0 Å². The van der Waals surface area contributed by atoms with Gasteiger partial charge in [-0.3, -0.25) is 0 Å². The molecule has 1 heterocycles. The van der Waals surface area contributed by atoms with Gasteiger partial charge in [0.2, 0.25) is 0 Å². The Labute approximate surface area is 237 Å². The van der Waals surface area contributed by atoms with Crippen LogP contribution in [-0.2, 0) is 12.8 Å². The predicted molar refractivity (Wildman–Crippen MR) is 148 cm³/mol. The highest BCUT2D eigenvalue weighted by molar-refractivity contribution is 5.99. The number of benzene rings is 4. The molecule has 0 unspecified atom stereocenters. The van der Waals surface area contributed by atoms with Crippen LogP contribution in [0.15, 0.2) is 97.1 Å². The van der Waals surface area contributed by atoms with Crippen molar-refractivity contribution in [1.29, 1.82) is 0 Å². The summed E-state index contributed by atoms with van der Waals surface area (Å²) in [5.41, 5.74) is 1.81. The summed E-state index contributed by atoms with van der Waals surface area (Å²) >= 11 is 0. The minimum Gasteiger partial charge on any atom is -0.497 e. The van der Waals surface area contributed by atoms with Gasteiger partial charge in [0.15, 0.2) is 5.82 Å². The molecule has 12 heteroatoms. The molecule has 1 aromatic heterocycles. The Hall–Kier alpha value is -5.39. The Morgan fingerprint density at radius 1 is 0.833 bits per heavy atom. The lowest BCUT2D eigenvalue weighted by Gasteiger charge is -2.10. The molecule has 5 aromatic rings. The summed E-state index contributed by atoms with van der Waals surface area (Å²) in [6, 6.07) is 23.2. The van der Waals surface area contributed by atoms with Crippen LogP contribution in [0.1, 0.15) is 11.1 Å². The maximum absolute atomic E-state index is 13.2. The number of halogens is 4. The van der Waals surface area contributed by atoms with Crippen LogP contribution in [0.2, 0.25) is 0 Å². The van der Waals surface area contributed by atoms with Crippen molar-refractivity contribution in [2.45, 2.75) is 12.8 Å². The van der Waals surface area contributed by atoms with Crippen molar-refractivity contribution in [3.8, 4) is 28.8 Å². The molecule has 0 spiro atoms. The van der Waals surface area contributed by atoms with E-state index in [1.165, 1.54) is 28.9 Å². The van der Waals surface area contributed by atoms with Gasteiger partial charge < -0.3 is 20.1 Å². The first-order valence-corrected chi connectivity index (χ1v) is 12.5. The summed E-state index contributed by atoms with van der Waals surface area (Å²) in [5.74, 6) is 0.502. The fourth-order valence-electron chi connectivity index (χ4n) is 3.91. The van der Waals surface area contributed by atoms with E-state index in [0.717, 1.165) is 12.1 Å². The normalized spacial score (nSPS) is 11.2. The monoisotopic (exact) mass is 577 g/mol. The molecule has 0 aliphatic rings. The van der Waals surface area contributed by atoms with Gasteiger partial charge in [0.25, 0.3) is 0 Å². The van der Waals surface area contributed by atoms with Crippen molar-refractivity contribution in [3.05, 3.63) is 114 Å². The minimum absolute atomic E-state index is 0.0321. The van der Waals surface area contributed by atoms with E-state index in [0.29, 0.717) is 33.9 Å². The van der Waals surface area contributed by atoms with Crippen LogP contribution in [0.3, 0.4) is 0 Å². The van der Waals surface area contributed by atoms with Crippen molar-refractivity contribution in [2.24, 2.45) is 0 Å². The van der Waals surface area contributed by atoms with Crippen molar-refractivity contribution < 1.29 is 31.8 Å². The molecule has 0 fully saturated rings. The number of ether oxygens (including phenoxy) is 2. The molecule has 0 aliphatic carbocycles. The number of carbonyl (C=O) groups excluding carboxylic acids is 1. The van der Waals surface area contributed by atoms with Crippen LogP contribution < -0.4 is 20.1 Å². The molecule has 0 bridgehead atoms. The molecule has 214 valence electrons. The fraction of sp³-hybridized carbons (Fsp3) is 0.100. The van der Waals surface area contributed by atoms with E-state index in [2.05, 4.69) is 20.7 Å². The molecule has 0 saturated carbocycles. The number of hydrogen-bond acceptors (Lipinski definition) is 5. The van der Waals surface area contributed by atoms with Crippen molar-refractivity contribution in [1.82, 2.24) is 14.8 Å². The van der Waals surface area contributed by atoms with Crippen LogP contribution in [0.5, 0.6) is 11.8 Å². The summed E-state index contributed by atoms with van der Waals surface area (Å²) in [4.78, 5) is 16.8. The summed E-state index contributed by atoms with van der Waals surface area (Å²) in [5, 5.41) is 9.84. The van der Waals surface area contributed by atoms with Gasteiger partial charge in [-0.1, -0.05) is 24.3 Å². The molecule has 42 heavy (non-hydrogen) atoms. The van der Waals surface area contributed by atoms with Crippen molar-refractivity contribution in [3.63, 3.8) is 0 Å². The summed E-state index contributed by atoms with van der Waals surface area (Å²) in [6.45, 7) is 0.0446. The first-order chi connectivity index (χ1) is 20.2. The Balaban J connectivity index is 1.36. The van der Waals surface area contributed by atoms with Crippen LogP contribution in [-0.4, -0.2) is 27.9 Å². The van der Waals surface area contributed by atoms with E-state index in [-0.39, 0.29) is 24.3 Å². The maximum atomic E-state index is 13.2. The molecule has 8 nitrogen and oxygen atoms in total. The second kappa shape index (κ2) is 12.0. The van der Waals surface area contributed by atoms with Crippen molar-refractivity contribution in [2.75, 3.05) is 17.7 Å². The number of rotatable bonds is 8. The highest BCUT2D eigenvalue weighted by Gasteiger charge is 2.30. The number of urea groups is 1. The smallest absolute Gasteiger partial charge is 0.416 e. The lowest BCUT2D eigenvalue weighted by Crippen LogP contribution is -2.19. The number of anilines is 2. The van der Waals surface area contributed by atoms with Crippen LogP contribution in [0.25, 0.3) is 17.1 Å². The molecule has 0 saturated heterocycles. The second-order valence-electron chi connectivity index (χ2n) is 8.97. The topological polar surface area (TPSA) is 90.3 Å². The molecule has 2 amide bonds. The SMILES string of the molecule is COc1ccc(NC(=O)Nc2ccc(-n3nc(OCc4ccc(F)cc4)nc3-c3ccc(C(F)(F)F)cc3)cc2)cc1. The Morgan fingerprint density at radius 3 is 2.00 bits per heavy atom. The fourth-order valence-corrected chi connectivity index (χ4v) is 3.91. The zero-order valence-electron chi connectivity index (χ0n) is 22.0. The van der Waals surface area contributed by atoms with Crippen LogP contribution in [0, 0.1) is 5.82 Å². The van der Waals surface area contributed by atoms with E-state index in [1.54, 1.807) is 67.8 Å². The van der Waals surface area contributed by atoms with Gasteiger partial charge in [0.05, 0.1) is 18.4 Å². The molecular weight excluding hydrogens is 554 g/mol. The number of nitrogens with zero attached hydrogens (tertiary/aromatic N) is 3. The second-order valence-corrected chi connectivity index (χ2v) is 8.97. The molecular formula is C30H23F4N5O3. The number of carbonyl (C=O) groups is 1. The van der Waals surface area contributed by atoms with Gasteiger partial charge in [-0.15, -0.1) is 5.10 Å². The zero-order valence-corrected chi connectivity index (χ0v) is 22.0. The van der Waals surface area contributed by atoms with E-state index in [9.17, 15) is 22.4 Å². The Morgan fingerprint density at radius 2 is 1.43 bits per heavy atom. The van der Waals surface area contributed by atoms with E-state index >= 15 is 0 Å². The van der Waals surface area contributed by atoms with E-state index in [4.69, 9.17) is 9.47 Å². The standard InChI is InChI=1S/C30H23F4N5O3/c1-41-26-16-12-24(13-17-26)36-28(40)35-23-10-14-25(15-11-23)39-27(20-4-6-21(7-5-20)30(32,33)34)37-29(38-39)42-18-19-2-8-22(31)9-3-19/h2-17H,18H2,1H3,(H2,35,36,40). The molecule has 4 aromatic carbocycles. The first-order valence-electron chi connectivity index (χ1n) is 12.5. The van der Waals surface area contributed by atoms with Crippen molar-refractivity contribution >= 4 is 17.4 Å². The van der Waals surface area contributed by atoms with Gasteiger partial charge in [0.1, 0.15) is 18.2 Å². The number of hydrogen-bond donors (Lipinski definition) is 2. The quantitative estimate of drug-likeness (QED) is 0.189. The Kier molecular flexibility index (Phi) is 8.05. The molecule has 2 N–H and O–H groups in total. The van der Waals surface area contributed by atoms with E-state index in [1.807, 2.05) is 0 Å². The number of amides is 2. The largest absolute Gasteiger partial charge is 0.497 e. The molecule has 0 radical (unpaired) electrons. The molecule has 0 aliphatic heterocycles. The minimum atomic E-state index is -4.49. The van der Waals surface area contributed by atoms with Gasteiger partial charge in [-0.05, 0) is 78.4 Å². The lowest BCUT2D eigenvalue weighted by molar-refractivity contribution is -0.137. The maximum Gasteiger partial charge on any atom is 0.416 e. The average Bonchev–Trinajstić information content (AvgIpc) is 3.41. The molecule has 5 rings (SSSR count). The molecule has 0 atom stereocenters. The Bertz CT molecular complexity index is 1650. The van der Waals surface area contributed by atoms with Gasteiger partial charge >= 0.3 is 18.2 Å². The summed E-state index contributed by atoms with van der Waals surface area (Å²) < 4.78 is 64.8. The highest BCUT2D eigenvalue weighted by Crippen LogP contribution is 2.32. The lowest BCUT2D eigenvalue weighted by atomic mass is 10.1. The van der Waals surface area contributed by atoms with Crippen LogP contribution in [0.4, 0.5) is 33.7 Å². The highest BCUT2D eigenvalue weighted by atomic mass is 19.4. The van der Waals surface area contributed by atoms with E-state index < -0.39 is 17.8 Å². The third-order valence-corrected chi connectivity index (χ3v) is 6.06. The summed E-state index contributed by atoms with van der Waals surface area (Å²) in [6.07, 6.45) is -4.49. The van der Waals surface area contributed by atoms with Gasteiger partial charge in [-0.25, -0.2) is 13.9 Å². The van der Waals surface area contributed by atoms with Gasteiger partial charge in [0, 0.05) is 16.9 Å². The average molecular weight is 578 g/mol. The number of methoxy groups -OCH3 is 1.